The molecule has 1 heterocycles. The van der Waals surface area contributed by atoms with Crippen LogP contribution in [0.25, 0.3) is 0 Å². The van der Waals surface area contributed by atoms with Crippen LogP contribution in [-0.2, 0) is 4.79 Å². The Labute approximate surface area is 104 Å². The highest BCUT2D eigenvalue weighted by molar-refractivity contribution is 7.14. The highest BCUT2D eigenvalue weighted by Gasteiger charge is 2.25. The highest BCUT2D eigenvalue weighted by atomic mass is 32.1. The Hall–Kier alpha value is -1.56. The summed E-state index contributed by atoms with van der Waals surface area (Å²) in [5, 5.41) is 2.68. The average molecular weight is 255 g/mol. The lowest BCUT2D eigenvalue weighted by atomic mass is 9.93. The zero-order chi connectivity index (χ0) is 13.2. The minimum absolute atomic E-state index is 0.206. The van der Waals surface area contributed by atoms with E-state index in [-0.39, 0.29) is 12.5 Å². The van der Waals surface area contributed by atoms with Gasteiger partial charge in [-0.1, -0.05) is 0 Å². The Kier molecular flexibility index (Phi) is 3.77. The number of anilines is 1. The van der Waals surface area contributed by atoms with Crippen LogP contribution in [0.1, 0.15) is 28.4 Å². The summed E-state index contributed by atoms with van der Waals surface area (Å²) in [6, 6.07) is 1.63. The SMILES string of the molecule is Cc1sc(C(=O)NCC(C)(C)C(N)=O)cc1N. The molecule has 5 nitrogen and oxygen atoms in total. The standard InChI is InChI=1S/C11H17N3O2S/c1-6-7(12)4-8(17-6)9(15)14-5-11(2,3)10(13)16/h4H,5,12H2,1-3H3,(H2,13,16)(H,14,15). The minimum atomic E-state index is -0.756. The number of carbonyl (C=O) groups is 2. The first-order chi connectivity index (χ1) is 7.74. The quantitative estimate of drug-likeness (QED) is 0.744. The molecule has 0 atom stereocenters. The number of primary amides is 1. The van der Waals surface area contributed by atoms with Crippen molar-refractivity contribution < 1.29 is 9.59 Å². The van der Waals surface area contributed by atoms with Crippen molar-refractivity contribution in [3.8, 4) is 0 Å². The maximum absolute atomic E-state index is 11.8. The molecule has 0 aliphatic carbocycles. The van der Waals surface area contributed by atoms with Crippen LogP contribution in [0, 0.1) is 12.3 Å². The number of nitrogens with one attached hydrogen (secondary N) is 1. The fourth-order valence-corrected chi connectivity index (χ4v) is 1.94. The second-order valence-electron chi connectivity index (χ2n) is 4.55. The summed E-state index contributed by atoms with van der Waals surface area (Å²) in [6.45, 7) is 5.43. The molecule has 1 aromatic rings. The molecular formula is C11H17N3O2S. The van der Waals surface area contributed by atoms with E-state index in [2.05, 4.69) is 5.32 Å². The van der Waals surface area contributed by atoms with Gasteiger partial charge in [-0.05, 0) is 26.8 Å². The molecular weight excluding hydrogens is 238 g/mol. The van der Waals surface area contributed by atoms with Crippen molar-refractivity contribution in [1.29, 1.82) is 0 Å². The van der Waals surface area contributed by atoms with E-state index in [4.69, 9.17) is 11.5 Å². The van der Waals surface area contributed by atoms with Crippen LogP contribution in [0.15, 0.2) is 6.07 Å². The Morgan fingerprint density at radius 2 is 2.06 bits per heavy atom. The molecule has 5 N–H and O–H groups in total. The molecule has 0 unspecified atom stereocenters. The highest BCUT2D eigenvalue weighted by Crippen LogP contribution is 2.23. The van der Waals surface area contributed by atoms with E-state index in [0.717, 1.165) is 4.88 Å². The predicted molar refractivity (Wildman–Crippen MR) is 68.8 cm³/mol. The number of aryl methyl sites for hydroxylation is 1. The molecule has 0 aliphatic rings. The first-order valence-corrected chi connectivity index (χ1v) is 5.99. The van der Waals surface area contributed by atoms with Crippen LogP contribution in [0.4, 0.5) is 5.69 Å². The molecule has 0 fully saturated rings. The first-order valence-electron chi connectivity index (χ1n) is 5.18. The van der Waals surface area contributed by atoms with E-state index >= 15 is 0 Å². The number of hydrogen-bond donors (Lipinski definition) is 3. The van der Waals surface area contributed by atoms with Gasteiger partial charge >= 0.3 is 0 Å². The summed E-state index contributed by atoms with van der Waals surface area (Å²) in [4.78, 5) is 24.3. The molecule has 6 heteroatoms. The van der Waals surface area contributed by atoms with Crippen molar-refractivity contribution in [2.75, 3.05) is 12.3 Å². The van der Waals surface area contributed by atoms with Crippen molar-refractivity contribution in [2.24, 2.45) is 11.1 Å². The number of thiophene rings is 1. The van der Waals surface area contributed by atoms with Crippen LogP contribution in [-0.4, -0.2) is 18.4 Å². The summed E-state index contributed by atoms with van der Waals surface area (Å²) in [5.41, 5.74) is 10.7. The van der Waals surface area contributed by atoms with E-state index < -0.39 is 11.3 Å². The Bertz CT molecular complexity index is 432. The Balaban J connectivity index is 2.65. The zero-order valence-corrected chi connectivity index (χ0v) is 11.0. The molecule has 1 rings (SSSR count). The van der Waals surface area contributed by atoms with Crippen molar-refractivity contribution in [2.45, 2.75) is 20.8 Å². The summed E-state index contributed by atoms with van der Waals surface area (Å²) in [6.07, 6.45) is 0. The molecule has 0 saturated heterocycles. The van der Waals surface area contributed by atoms with Gasteiger partial charge in [-0.2, -0.15) is 0 Å². The summed E-state index contributed by atoms with van der Waals surface area (Å²) >= 11 is 1.33. The monoisotopic (exact) mass is 255 g/mol. The van der Waals surface area contributed by atoms with E-state index in [1.807, 2.05) is 6.92 Å². The van der Waals surface area contributed by atoms with Gasteiger partial charge in [-0.25, -0.2) is 0 Å². The Morgan fingerprint density at radius 3 is 2.47 bits per heavy atom. The lowest BCUT2D eigenvalue weighted by Gasteiger charge is -2.20. The van der Waals surface area contributed by atoms with E-state index in [1.54, 1.807) is 19.9 Å². The van der Waals surface area contributed by atoms with Crippen molar-refractivity contribution >= 4 is 28.8 Å². The smallest absolute Gasteiger partial charge is 0.261 e. The number of carbonyl (C=O) groups excluding carboxylic acids is 2. The second-order valence-corrected chi connectivity index (χ2v) is 5.81. The maximum Gasteiger partial charge on any atom is 0.261 e. The zero-order valence-electron chi connectivity index (χ0n) is 10.2. The fourth-order valence-electron chi connectivity index (χ4n) is 1.08. The topological polar surface area (TPSA) is 98.2 Å². The number of amides is 2. The number of hydrogen-bond acceptors (Lipinski definition) is 4. The molecule has 0 saturated carbocycles. The van der Waals surface area contributed by atoms with Gasteiger partial charge in [0.2, 0.25) is 5.91 Å². The molecule has 0 spiro atoms. The van der Waals surface area contributed by atoms with E-state index in [0.29, 0.717) is 10.6 Å². The van der Waals surface area contributed by atoms with Crippen LogP contribution in [0.2, 0.25) is 0 Å². The van der Waals surface area contributed by atoms with Crippen LogP contribution in [0.3, 0.4) is 0 Å². The third-order valence-corrected chi connectivity index (χ3v) is 3.60. The maximum atomic E-state index is 11.8. The van der Waals surface area contributed by atoms with E-state index in [9.17, 15) is 9.59 Å². The van der Waals surface area contributed by atoms with Crippen molar-refractivity contribution in [3.63, 3.8) is 0 Å². The molecule has 0 bridgehead atoms. The molecule has 2 amide bonds. The average Bonchev–Trinajstić information content (AvgIpc) is 2.56. The molecule has 0 aliphatic heterocycles. The second kappa shape index (κ2) is 4.75. The first kappa shape index (κ1) is 13.5. The Morgan fingerprint density at radius 1 is 1.47 bits per heavy atom. The van der Waals surface area contributed by atoms with Gasteiger partial charge in [0.15, 0.2) is 0 Å². The van der Waals surface area contributed by atoms with Gasteiger partial charge in [-0.3, -0.25) is 9.59 Å². The third kappa shape index (κ3) is 3.20. The molecule has 0 radical (unpaired) electrons. The lowest BCUT2D eigenvalue weighted by Crippen LogP contribution is -2.42. The number of nitrogens with two attached hydrogens (primary N) is 2. The summed E-state index contributed by atoms with van der Waals surface area (Å²) in [5.74, 6) is -0.677. The molecule has 1 aromatic heterocycles. The van der Waals surface area contributed by atoms with Gasteiger partial charge in [0, 0.05) is 17.1 Å². The number of rotatable bonds is 4. The third-order valence-electron chi connectivity index (χ3n) is 2.54. The van der Waals surface area contributed by atoms with Gasteiger partial charge in [0.05, 0.1) is 10.3 Å². The normalized spacial score (nSPS) is 11.2. The summed E-state index contributed by atoms with van der Waals surface area (Å²) < 4.78 is 0. The molecule has 94 valence electrons. The van der Waals surface area contributed by atoms with Crippen molar-refractivity contribution in [3.05, 3.63) is 15.8 Å². The summed E-state index contributed by atoms with van der Waals surface area (Å²) in [7, 11) is 0. The molecule has 0 aromatic carbocycles. The van der Waals surface area contributed by atoms with Crippen LogP contribution < -0.4 is 16.8 Å². The fraction of sp³-hybridized carbons (Fsp3) is 0.455. The number of nitrogen functional groups attached to an aromatic ring is 1. The van der Waals surface area contributed by atoms with E-state index in [1.165, 1.54) is 11.3 Å². The van der Waals surface area contributed by atoms with Crippen LogP contribution in [0.5, 0.6) is 0 Å². The minimum Gasteiger partial charge on any atom is -0.398 e. The van der Waals surface area contributed by atoms with Crippen molar-refractivity contribution in [1.82, 2.24) is 5.32 Å². The van der Waals surface area contributed by atoms with Crippen LogP contribution >= 0.6 is 11.3 Å². The van der Waals surface area contributed by atoms with Gasteiger partial charge in [0.1, 0.15) is 0 Å². The predicted octanol–water partition coefficient (Wildman–Crippen LogP) is 0.880. The lowest BCUT2D eigenvalue weighted by molar-refractivity contribution is -0.125. The van der Waals surface area contributed by atoms with Gasteiger partial charge in [-0.15, -0.1) is 11.3 Å². The van der Waals surface area contributed by atoms with Gasteiger partial charge in [0.25, 0.3) is 5.91 Å². The largest absolute Gasteiger partial charge is 0.398 e. The molecule has 17 heavy (non-hydrogen) atoms. The van der Waals surface area contributed by atoms with Gasteiger partial charge < -0.3 is 16.8 Å².